The summed E-state index contributed by atoms with van der Waals surface area (Å²) >= 11 is 0. The van der Waals surface area contributed by atoms with Crippen molar-refractivity contribution in [1.82, 2.24) is 0 Å². The molecule has 0 aliphatic heterocycles. The van der Waals surface area contributed by atoms with E-state index in [1.54, 1.807) is 49.4 Å². The molecule has 3 aromatic rings. The third kappa shape index (κ3) is 5.97. The molecule has 32 heavy (non-hydrogen) atoms. The Bertz CT molecular complexity index is 1140. The molecule has 0 atom stereocenters. The molecule has 4 nitrogen and oxygen atoms in total. The van der Waals surface area contributed by atoms with Crippen LogP contribution >= 0.6 is 0 Å². The first kappa shape index (κ1) is 23.1. The molecular weight excluding hydrogens is 419 g/mol. The number of aromatic hydroxyl groups is 1. The maximum absolute atomic E-state index is 12.8. The number of halogens is 3. The number of phenolic OH excluding ortho intramolecular Hbond substituents is 1. The van der Waals surface area contributed by atoms with Gasteiger partial charge in [0.15, 0.2) is 5.78 Å². The average Bonchev–Trinajstić information content (AvgIpc) is 2.74. The van der Waals surface area contributed by atoms with Crippen molar-refractivity contribution in [2.75, 3.05) is 0 Å². The van der Waals surface area contributed by atoms with Crippen LogP contribution in [0.2, 0.25) is 0 Å². The van der Waals surface area contributed by atoms with Gasteiger partial charge in [-0.3, -0.25) is 9.79 Å². The Kier molecular flexibility index (Phi) is 6.98. The van der Waals surface area contributed by atoms with Crippen LogP contribution < -0.4 is 4.74 Å². The number of phenols is 1. The van der Waals surface area contributed by atoms with Crippen LogP contribution in [-0.4, -0.2) is 23.0 Å². The third-order valence-electron chi connectivity index (χ3n) is 4.75. The molecule has 0 bridgehead atoms. The van der Waals surface area contributed by atoms with E-state index < -0.39 is 6.36 Å². The normalized spacial score (nSPS) is 12.0. The van der Waals surface area contributed by atoms with E-state index in [4.69, 9.17) is 0 Å². The van der Waals surface area contributed by atoms with Gasteiger partial charge in [0.05, 0.1) is 5.69 Å². The molecule has 0 amide bonds. The number of alkyl halides is 3. The summed E-state index contributed by atoms with van der Waals surface area (Å²) < 4.78 is 41.6. The summed E-state index contributed by atoms with van der Waals surface area (Å²) in [6.45, 7) is 3.57. The van der Waals surface area contributed by atoms with Gasteiger partial charge >= 0.3 is 6.36 Å². The smallest absolute Gasteiger partial charge is 0.508 e. The first-order valence-electron chi connectivity index (χ1n) is 10.0. The highest BCUT2D eigenvalue weighted by Crippen LogP contribution is 2.30. The Balaban J connectivity index is 2.00. The van der Waals surface area contributed by atoms with Gasteiger partial charge in [0.25, 0.3) is 0 Å². The number of rotatable bonds is 7. The quantitative estimate of drug-likeness (QED) is 0.315. The molecule has 0 aliphatic rings. The number of ether oxygens (including phenoxy) is 1. The number of aliphatic imine (C=N–C) groups is 1. The largest absolute Gasteiger partial charge is 0.573 e. The maximum atomic E-state index is 12.8. The Labute approximate surface area is 184 Å². The van der Waals surface area contributed by atoms with Gasteiger partial charge in [-0.25, -0.2) is 0 Å². The minimum atomic E-state index is -4.78. The van der Waals surface area contributed by atoms with Gasteiger partial charge in [0.2, 0.25) is 0 Å². The fourth-order valence-corrected chi connectivity index (χ4v) is 3.22. The summed E-state index contributed by atoms with van der Waals surface area (Å²) in [6, 6.07) is 17.4. The molecule has 0 spiro atoms. The lowest BCUT2D eigenvalue weighted by Gasteiger charge is -2.11. The van der Waals surface area contributed by atoms with Crippen LogP contribution in [0.5, 0.6) is 11.5 Å². The summed E-state index contributed by atoms with van der Waals surface area (Å²) in [7, 11) is 0. The van der Waals surface area contributed by atoms with E-state index in [-0.39, 0.29) is 17.3 Å². The van der Waals surface area contributed by atoms with E-state index in [2.05, 4.69) is 9.73 Å². The molecule has 3 rings (SSSR count). The van der Waals surface area contributed by atoms with Gasteiger partial charge in [-0.1, -0.05) is 37.3 Å². The van der Waals surface area contributed by atoms with E-state index in [1.165, 1.54) is 18.2 Å². The number of hydrogen-bond donors (Lipinski definition) is 1. The van der Waals surface area contributed by atoms with Crippen LogP contribution in [0.4, 0.5) is 18.9 Å². The highest BCUT2D eigenvalue weighted by atomic mass is 19.4. The zero-order valence-corrected chi connectivity index (χ0v) is 17.6. The van der Waals surface area contributed by atoms with Crippen LogP contribution in [0.3, 0.4) is 0 Å². The van der Waals surface area contributed by atoms with E-state index >= 15 is 0 Å². The van der Waals surface area contributed by atoms with Crippen molar-refractivity contribution in [3.8, 4) is 22.6 Å². The molecule has 166 valence electrons. The second-order valence-electron chi connectivity index (χ2n) is 7.22. The fraction of sp³-hybridized carbons (Fsp3) is 0.200. The standard InChI is InChI=1S/C25H22F3NO3/c1-3-5-24(31)22-15-19(17-8-11-20(30)12-9-17)10-13-23(22)29-16(2)18-6-4-7-21(14-18)32-25(26,27)28/h4,6-15,30H,3,5H2,1-2H3. The molecule has 0 radical (unpaired) electrons. The highest BCUT2D eigenvalue weighted by molar-refractivity contribution is 6.05. The molecular formula is C25H22F3NO3. The zero-order chi connectivity index (χ0) is 23.3. The van der Waals surface area contributed by atoms with E-state index in [9.17, 15) is 23.1 Å². The Morgan fingerprint density at radius 3 is 2.34 bits per heavy atom. The summed E-state index contributed by atoms with van der Waals surface area (Å²) in [4.78, 5) is 17.3. The van der Waals surface area contributed by atoms with Gasteiger partial charge in [-0.2, -0.15) is 0 Å². The molecule has 0 fully saturated rings. The number of ketones is 1. The summed E-state index contributed by atoms with van der Waals surface area (Å²) in [5.41, 5.74) is 3.38. The van der Waals surface area contributed by atoms with Gasteiger partial charge in [-0.05, 0) is 66.4 Å². The summed E-state index contributed by atoms with van der Waals surface area (Å²) in [5, 5.41) is 9.51. The number of carbonyl (C=O) groups is 1. The van der Waals surface area contributed by atoms with E-state index in [0.717, 1.165) is 11.1 Å². The predicted octanol–water partition coefficient (Wildman–Crippen LogP) is 7.08. The lowest BCUT2D eigenvalue weighted by molar-refractivity contribution is -0.274. The van der Waals surface area contributed by atoms with Crippen LogP contribution in [0.1, 0.15) is 42.6 Å². The van der Waals surface area contributed by atoms with Crippen LogP contribution in [0.25, 0.3) is 11.1 Å². The minimum Gasteiger partial charge on any atom is -0.508 e. The van der Waals surface area contributed by atoms with Gasteiger partial charge in [0.1, 0.15) is 11.5 Å². The van der Waals surface area contributed by atoms with E-state index in [1.807, 2.05) is 13.0 Å². The van der Waals surface area contributed by atoms with Crippen LogP contribution in [0.15, 0.2) is 71.7 Å². The molecule has 0 unspecified atom stereocenters. The maximum Gasteiger partial charge on any atom is 0.573 e. The molecule has 0 aromatic heterocycles. The van der Waals surface area contributed by atoms with Crippen LogP contribution in [0, 0.1) is 0 Å². The highest BCUT2D eigenvalue weighted by Gasteiger charge is 2.31. The predicted molar refractivity (Wildman–Crippen MR) is 118 cm³/mol. The summed E-state index contributed by atoms with van der Waals surface area (Å²) in [6.07, 6.45) is -3.77. The number of benzene rings is 3. The van der Waals surface area contributed by atoms with Crippen molar-refractivity contribution >= 4 is 17.2 Å². The second-order valence-corrected chi connectivity index (χ2v) is 7.22. The van der Waals surface area contributed by atoms with Gasteiger partial charge in [-0.15, -0.1) is 13.2 Å². The van der Waals surface area contributed by atoms with Crippen molar-refractivity contribution in [1.29, 1.82) is 0 Å². The fourth-order valence-electron chi connectivity index (χ4n) is 3.22. The van der Waals surface area contributed by atoms with E-state index in [0.29, 0.717) is 35.4 Å². The van der Waals surface area contributed by atoms with Crippen LogP contribution in [-0.2, 0) is 0 Å². The topological polar surface area (TPSA) is 58.9 Å². The molecule has 0 saturated carbocycles. The molecule has 7 heteroatoms. The SMILES string of the molecule is CCCC(=O)c1cc(-c2ccc(O)cc2)ccc1N=C(C)c1cccc(OC(F)(F)F)c1. The van der Waals surface area contributed by atoms with Crippen molar-refractivity contribution < 1.29 is 27.8 Å². The molecule has 1 N–H and O–H groups in total. The molecule has 0 saturated heterocycles. The molecule has 3 aromatic carbocycles. The van der Waals surface area contributed by atoms with Crippen molar-refractivity contribution in [2.24, 2.45) is 4.99 Å². The van der Waals surface area contributed by atoms with Gasteiger partial charge < -0.3 is 9.84 Å². The first-order valence-corrected chi connectivity index (χ1v) is 10.0. The Hall–Kier alpha value is -3.61. The number of nitrogens with zero attached hydrogens (tertiary/aromatic N) is 1. The van der Waals surface area contributed by atoms with Gasteiger partial charge in [0, 0.05) is 17.7 Å². The number of hydrogen-bond acceptors (Lipinski definition) is 4. The molecule has 0 heterocycles. The lowest BCUT2D eigenvalue weighted by atomic mass is 9.98. The lowest BCUT2D eigenvalue weighted by Crippen LogP contribution is -2.17. The Morgan fingerprint density at radius 2 is 1.69 bits per heavy atom. The third-order valence-corrected chi connectivity index (χ3v) is 4.75. The van der Waals surface area contributed by atoms with Crippen molar-refractivity contribution in [3.05, 3.63) is 77.9 Å². The average molecular weight is 441 g/mol. The minimum absolute atomic E-state index is 0.0752. The number of carbonyl (C=O) groups excluding carboxylic acids is 1. The van der Waals surface area contributed by atoms with Crippen molar-refractivity contribution in [3.63, 3.8) is 0 Å². The number of Topliss-reactive ketones (excluding diaryl/α,β-unsaturated/α-hetero) is 1. The monoisotopic (exact) mass is 441 g/mol. The molecule has 0 aliphatic carbocycles. The summed E-state index contributed by atoms with van der Waals surface area (Å²) in [5.74, 6) is -0.270. The Morgan fingerprint density at radius 1 is 1.00 bits per heavy atom. The zero-order valence-electron chi connectivity index (χ0n) is 17.6. The van der Waals surface area contributed by atoms with Crippen molar-refractivity contribution in [2.45, 2.75) is 33.1 Å². The second kappa shape index (κ2) is 9.68. The first-order chi connectivity index (χ1) is 15.2.